The predicted molar refractivity (Wildman–Crippen MR) is 62.7 cm³/mol. The van der Waals surface area contributed by atoms with Gasteiger partial charge in [-0.05, 0) is 19.9 Å². The first-order valence-electron chi connectivity index (χ1n) is 5.53. The van der Waals surface area contributed by atoms with Gasteiger partial charge in [0.15, 0.2) is 0 Å². The van der Waals surface area contributed by atoms with Gasteiger partial charge >= 0.3 is 5.97 Å². The number of ether oxygens (including phenoxy) is 2. The van der Waals surface area contributed by atoms with Crippen LogP contribution < -0.4 is 9.47 Å². The van der Waals surface area contributed by atoms with E-state index in [2.05, 4.69) is 0 Å². The van der Waals surface area contributed by atoms with Crippen LogP contribution in [-0.2, 0) is 4.79 Å². The van der Waals surface area contributed by atoms with Gasteiger partial charge in [-0.25, -0.2) is 0 Å². The number of hydrogen-bond acceptors (Lipinski definition) is 3. The smallest absolute Gasteiger partial charge is 0.311 e. The highest BCUT2D eigenvalue weighted by molar-refractivity contribution is 5.78. The molecule has 4 heteroatoms. The minimum Gasteiger partial charge on any atom is -0.497 e. The zero-order valence-corrected chi connectivity index (χ0v) is 10.2. The van der Waals surface area contributed by atoms with Crippen LogP contribution in [0, 0.1) is 0 Å². The monoisotopic (exact) mass is 236 g/mol. The molecule has 92 valence electrons. The molecule has 0 fully saturated rings. The summed E-state index contributed by atoms with van der Waals surface area (Å²) in [4.78, 5) is 11.3. The Bertz CT molecular complexity index is 451. The zero-order chi connectivity index (χ0) is 12.6. The molecule has 1 aromatic carbocycles. The molecule has 1 aliphatic rings. The molecule has 0 saturated carbocycles. The maximum absolute atomic E-state index is 11.3. The molecule has 1 aliphatic heterocycles. The maximum Gasteiger partial charge on any atom is 0.311 e. The first kappa shape index (κ1) is 11.8. The molecule has 4 nitrogen and oxygen atoms in total. The van der Waals surface area contributed by atoms with Crippen LogP contribution >= 0.6 is 0 Å². The molecule has 0 spiro atoms. The van der Waals surface area contributed by atoms with Gasteiger partial charge in [0.25, 0.3) is 0 Å². The van der Waals surface area contributed by atoms with Crippen molar-refractivity contribution in [2.24, 2.45) is 0 Å². The van der Waals surface area contributed by atoms with E-state index in [1.807, 2.05) is 13.8 Å². The van der Waals surface area contributed by atoms with Gasteiger partial charge in [-0.15, -0.1) is 0 Å². The van der Waals surface area contributed by atoms with Crippen LogP contribution in [0.15, 0.2) is 18.2 Å². The third kappa shape index (κ3) is 2.20. The predicted octanol–water partition coefficient (Wildman–Crippen LogP) is 2.42. The normalized spacial score (nSPS) is 21.2. The van der Waals surface area contributed by atoms with Crippen LogP contribution in [0.1, 0.15) is 31.7 Å². The maximum atomic E-state index is 11.3. The van der Waals surface area contributed by atoms with E-state index in [4.69, 9.17) is 9.47 Å². The summed E-state index contributed by atoms with van der Waals surface area (Å²) in [5, 5.41) is 9.26. The molecule has 1 aromatic rings. The third-order valence-corrected chi connectivity index (χ3v) is 2.98. The molecule has 0 radical (unpaired) electrons. The van der Waals surface area contributed by atoms with E-state index in [1.54, 1.807) is 25.3 Å². The van der Waals surface area contributed by atoms with Crippen molar-refractivity contribution in [2.45, 2.75) is 31.8 Å². The second-order valence-corrected chi connectivity index (χ2v) is 4.86. The van der Waals surface area contributed by atoms with E-state index in [1.165, 1.54) is 0 Å². The number of carbonyl (C=O) groups is 1. The number of carboxylic acids is 1. The summed E-state index contributed by atoms with van der Waals surface area (Å²) in [5.41, 5.74) is 0.250. The lowest BCUT2D eigenvalue weighted by Gasteiger charge is -2.36. The zero-order valence-electron chi connectivity index (χ0n) is 10.2. The van der Waals surface area contributed by atoms with Crippen LogP contribution in [0.4, 0.5) is 0 Å². The Kier molecular flexibility index (Phi) is 2.73. The molecule has 0 amide bonds. The Morgan fingerprint density at radius 3 is 2.82 bits per heavy atom. The van der Waals surface area contributed by atoms with E-state index < -0.39 is 17.5 Å². The molecule has 1 unspecified atom stereocenters. The molecule has 17 heavy (non-hydrogen) atoms. The Labute approximate surface area is 100 Å². The largest absolute Gasteiger partial charge is 0.497 e. The van der Waals surface area contributed by atoms with Gasteiger partial charge in [0.1, 0.15) is 17.1 Å². The van der Waals surface area contributed by atoms with E-state index in [-0.39, 0.29) is 0 Å². The van der Waals surface area contributed by atoms with Crippen molar-refractivity contribution in [3.8, 4) is 11.5 Å². The average molecular weight is 236 g/mol. The number of fused-ring (bicyclic) bond motifs is 1. The van der Waals surface area contributed by atoms with E-state index in [0.29, 0.717) is 17.9 Å². The van der Waals surface area contributed by atoms with Gasteiger partial charge in [-0.3, -0.25) is 4.79 Å². The summed E-state index contributed by atoms with van der Waals surface area (Å²) in [6, 6.07) is 5.27. The standard InChI is InChI=1S/C13H16O4/c1-13(2)7-10(12(14)15)9-5-4-8(16-3)6-11(9)17-13/h4-6,10H,7H2,1-3H3,(H,14,15). The fourth-order valence-corrected chi connectivity index (χ4v) is 2.18. The number of hydrogen-bond donors (Lipinski definition) is 1. The van der Waals surface area contributed by atoms with E-state index in [9.17, 15) is 9.90 Å². The number of rotatable bonds is 2. The summed E-state index contributed by atoms with van der Waals surface area (Å²) in [6.07, 6.45) is 0.474. The average Bonchev–Trinajstić information content (AvgIpc) is 2.25. The van der Waals surface area contributed by atoms with Crippen LogP contribution in [0.3, 0.4) is 0 Å². The minimum absolute atomic E-state index is 0.470. The van der Waals surface area contributed by atoms with Crippen molar-refractivity contribution in [1.29, 1.82) is 0 Å². The highest BCUT2D eigenvalue weighted by Gasteiger charge is 2.37. The molecule has 1 heterocycles. The summed E-state index contributed by atoms with van der Waals surface area (Å²) in [7, 11) is 1.57. The Morgan fingerprint density at radius 2 is 2.24 bits per heavy atom. The Hall–Kier alpha value is -1.71. The Morgan fingerprint density at radius 1 is 1.53 bits per heavy atom. The molecular formula is C13H16O4. The summed E-state index contributed by atoms with van der Waals surface area (Å²) in [5.74, 6) is -0.0500. The first-order valence-corrected chi connectivity index (χ1v) is 5.53. The molecule has 2 rings (SSSR count). The summed E-state index contributed by atoms with van der Waals surface area (Å²) >= 11 is 0. The van der Waals surface area contributed by atoms with Gasteiger partial charge in [0.05, 0.1) is 13.0 Å². The number of methoxy groups -OCH3 is 1. The van der Waals surface area contributed by atoms with Crippen molar-refractivity contribution in [2.75, 3.05) is 7.11 Å². The molecular weight excluding hydrogens is 220 g/mol. The highest BCUT2D eigenvalue weighted by atomic mass is 16.5. The lowest BCUT2D eigenvalue weighted by Crippen LogP contribution is -2.37. The lowest BCUT2D eigenvalue weighted by atomic mass is 9.84. The van der Waals surface area contributed by atoms with Crippen molar-refractivity contribution in [3.63, 3.8) is 0 Å². The van der Waals surface area contributed by atoms with Gasteiger partial charge in [0, 0.05) is 18.1 Å². The van der Waals surface area contributed by atoms with Gasteiger partial charge in [0.2, 0.25) is 0 Å². The quantitative estimate of drug-likeness (QED) is 0.856. The first-order chi connectivity index (χ1) is 7.93. The second kappa shape index (κ2) is 3.95. The summed E-state index contributed by atoms with van der Waals surface area (Å²) < 4.78 is 10.9. The van der Waals surface area contributed by atoms with Crippen LogP contribution in [0.5, 0.6) is 11.5 Å². The minimum atomic E-state index is -0.812. The topological polar surface area (TPSA) is 55.8 Å². The van der Waals surface area contributed by atoms with Gasteiger partial charge in [-0.1, -0.05) is 6.07 Å². The highest BCUT2D eigenvalue weighted by Crippen LogP contribution is 2.42. The fraction of sp³-hybridized carbons (Fsp3) is 0.462. The van der Waals surface area contributed by atoms with Crippen LogP contribution in [0.25, 0.3) is 0 Å². The number of carboxylic acid groups (broad SMARTS) is 1. The van der Waals surface area contributed by atoms with Crippen LogP contribution in [-0.4, -0.2) is 23.8 Å². The molecule has 0 aliphatic carbocycles. The van der Waals surface area contributed by atoms with Crippen LogP contribution in [0.2, 0.25) is 0 Å². The third-order valence-electron chi connectivity index (χ3n) is 2.98. The number of aliphatic carboxylic acids is 1. The SMILES string of the molecule is COc1ccc2c(c1)OC(C)(C)CC2C(=O)O. The van der Waals surface area contributed by atoms with Crippen molar-refractivity contribution >= 4 is 5.97 Å². The molecule has 0 bridgehead atoms. The molecule has 0 saturated heterocycles. The van der Waals surface area contributed by atoms with Gasteiger partial charge < -0.3 is 14.6 Å². The lowest BCUT2D eigenvalue weighted by molar-refractivity contribution is -0.140. The number of benzene rings is 1. The van der Waals surface area contributed by atoms with E-state index in [0.717, 1.165) is 5.56 Å². The van der Waals surface area contributed by atoms with Gasteiger partial charge in [-0.2, -0.15) is 0 Å². The Balaban J connectivity index is 2.48. The fourth-order valence-electron chi connectivity index (χ4n) is 2.18. The van der Waals surface area contributed by atoms with E-state index >= 15 is 0 Å². The van der Waals surface area contributed by atoms with Crippen molar-refractivity contribution in [1.82, 2.24) is 0 Å². The summed E-state index contributed by atoms with van der Waals surface area (Å²) in [6.45, 7) is 3.79. The van der Waals surface area contributed by atoms with Crippen molar-refractivity contribution < 1.29 is 19.4 Å². The second-order valence-electron chi connectivity index (χ2n) is 4.86. The van der Waals surface area contributed by atoms with Crippen molar-refractivity contribution in [3.05, 3.63) is 23.8 Å². The molecule has 0 aromatic heterocycles. The molecule has 1 N–H and O–H groups in total. The molecule has 1 atom stereocenters.